The number of carbonyl (C=O) groups is 2. The molecule has 0 bridgehead atoms. The van der Waals surface area contributed by atoms with Crippen LogP contribution in [0.15, 0.2) is 0 Å². The van der Waals surface area contributed by atoms with E-state index in [0.29, 0.717) is 0 Å². The summed E-state index contributed by atoms with van der Waals surface area (Å²) in [6.45, 7) is 1.67. The van der Waals surface area contributed by atoms with Crippen molar-refractivity contribution in [3.05, 3.63) is 0 Å². The van der Waals surface area contributed by atoms with Crippen molar-refractivity contribution in [1.29, 1.82) is 0 Å². The van der Waals surface area contributed by atoms with Crippen LogP contribution in [0.4, 0.5) is 0 Å². The summed E-state index contributed by atoms with van der Waals surface area (Å²) in [5.74, 6) is -3.32. The van der Waals surface area contributed by atoms with E-state index in [2.05, 4.69) is 5.32 Å². The Morgan fingerprint density at radius 3 is 2.07 bits per heavy atom. The average Bonchev–Trinajstić information content (AvgIpc) is 2.01. The van der Waals surface area contributed by atoms with E-state index in [9.17, 15) is 18.0 Å². The van der Waals surface area contributed by atoms with Crippen LogP contribution >= 0.6 is 0 Å². The molecule has 0 aromatic rings. The minimum Gasteiger partial charge on any atom is -0.480 e. The van der Waals surface area contributed by atoms with Crippen LogP contribution in [0.1, 0.15) is 6.92 Å². The van der Waals surface area contributed by atoms with Crippen LogP contribution in [-0.2, 0) is 19.9 Å². The fourth-order valence-corrected chi connectivity index (χ4v) is 1.31. The quantitative estimate of drug-likeness (QED) is 0.469. The minimum atomic E-state index is -3.06. The summed E-state index contributed by atoms with van der Waals surface area (Å²) in [6.07, 6.45) is 0. The van der Waals surface area contributed by atoms with Crippen LogP contribution in [0.3, 0.4) is 0 Å². The Bertz CT molecular complexity index is 362. The Morgan fingerprint density at radius 2 is 1.86 bits per heavy atom. The monoisotopic (exact) mass is 223 g/mol. The highest BCUT2D eigenvalue weighted by molar-refractivity contribution is 7.75. The second-order valence-corrected chi connectivity index (χ2v) is 3.14. The Balaban J connectivity index is 5.27. The second-order valence-electron chi connectivity index (χ2n) is 2.23. The smallest absolute Gasteiger partial charge is 0.349 e. The molecule has 0 spiro atoms. The van der Waals surface area contributed by atoms with Gasteiger partial charge in [-0.3, -0.25) is 10.1 Å². The zero-order valence-corrected chi connectivity index (χ0v) is 8.04. The first kappa shape index (κ1) is 12.6. The molecule has 0 saturated carbocycles. The third-order valence-electron chi connectivity index (χ3n) is 1.31. The summed E-state index contributed by atoms with van der Waals surface area (Å²) < 4.78 is 20.9. The highest BCUT2D eigenvalue weighted by atomic mass is 32.2. The first-order valence-electron chi connectivity index (χ1n) is 3.57. The van der Waals surface area contributed by atoms with Crippen molar-refractivity contribution in [3.63, 3.8) is 0 Å². The molecule has 0 fully saturated rings. The van der Waals surface area contributed by atoms with Gasteiger partial charge in [-0.2, -0.15) is 8.42 Å². The molecule has 0 radical (unpaired) electrons. The van der Waals surface area contributed by atoms with Crippen molar-refractivity contribution in [2.24, 2.45) is 0 Å². The number of hydrogen-bond donors (Lipinski definition) is 3. The van der Waals surface area contributed by atoms with E-state index >= 15 is 0 Å². The van der Waals surface area contributed by atoms with E-state index < -0.39 is 33.1 Å². The Kier molecular flexibility index (Phi) is 4.81. The van der Waals surface area contributed by atoms with Crippen LogP contribution in [0.5, 0.6) is 0 Å². The van der Waals surface area contributed by atoms with Gasteiger partial charge >= 0.3 is 11.9 Å². The van der Waals surface area contributed by atoms with Crippen LogP contribution in [-0.4, -0.2) is 48.0 Å². The third-order valence-corrected chi connectivity index (χ3v) is 2.08. The zero-order valence-electron chi connectivity index (χ0n) is 7.22. The average molecular weight is 223 g/mol. The highest BCUT2D eigenvalue weighted by Crippen LogP contribution is 1.89. The van der Waals surface area contributed by atoms with Crippen molar-refractivity contribution >= 4 is 27.1 Å². The van der Waals surface area contributed by atoms with Gasteiger partial charge in [0.15, 0.2) is 10.9 Å². The fraction of sp³-hybridized carbons (Fsp3) is 0.500. The molecule has 14 heavy (non-hydrogen) atoms. The van der Waals surface area contributed by atoms with Gasteiger partial charge in [0.1, 0.15) is 0 Å². The highest BCUT2D eigenvalue weighted by Gasteiger charge is 2.29. The van der Waals surface area contributed by atoms with E-state index in [0.717, 1.165) is 0 Å². The predicted octanol–water partition coefficient (Wildman–Crippen LogP) is -1.81. The summed E-state index contributed by atoms with van der Waals surface area (Å²) in [7, 11) is -3.06. The maximum Gasteiger partial charge on any atom is 0.349 e. The predicted molar refractivity (Wildman–Crippen MR) is 46.7 cm³/mol. The molecule has 0 aromatic heterocycles. The topological polar surface area (TPSA) is 121 Å². The lowest BCUT2D eigenvalue weighted by molar-refractivity contribution is -0.139. The molecule has 0 aliphatic carbocycles. The summed E-state index contributed by atoms with van der Waals surface area (Å²) in [6, 6.07) is -1.71. The molecule has 0 unspecified atom stereocenters. The molecule has 0 aromatic carbocycles. The Labute approximate surface area is 80.9 Å². The molecule has 1 atom stereocenters. The van der Waals surface area contributed by atoms with Gasteiger partial charge in [0.05, 0.1) is 0 Å². The second kappa shape index (κ2) is 5.35. The molecule has 80 valence electrons. The molecular weight excluding hydrogens is 214 g/mol. The van der Waals surface area contributed by atoms with Gasteiger partial charge in [-0.25, -0.2) is 4.79 Å². The number of carboxylic acids is 2. The van der Waals surface area contributed by atoms with Crippen LogP contribution in [0.2, 0.25) is 0 Å². The first-order valence-corrected chi connectivity index (χ1v) is 4.64. The number of likely N-dealkylation sites (N-methyl/N-ethyl adjacent to an activating group) is 1. The lowest BCUT2D eigenvalue weighted by atomic mass is 10.2. The Morgan fingerprint density at radius 1 is 1.36 bits per heavy atom. The normalized spacial score (nSPS) is 11.8. The number of aliphatic carboxylic acids is 2. The van der Waals surface area contributed by atoms with Gasteiger partial charge in [0.2, 0.25) is 10.3 Å². The lowest BCUT2D eigenvalue weighted by Crippen LogP contribution is -2.47. The molecule has 0 rings (SSSR count). The maximum absolute atomic E-state index is 10.5. The summed E-state index contributed by atoms with van der Waals surface area (Å²) in [4.78, 5) is 19.9. The molecule has 0 aliphatic heterocycles. The van der Waals surface area contributed by atoms with Crippen LogP contribution in [0, 0.1) is 0 Å². The van der Waals surface area contributed by atoms with Crippen LogP contribution in [0.25, 0.3) is 0 Å². The molecule has 8 heteroatoms. The van der Waals surface area contributed by atoms with Crippen molar-refractivity contribution in [2.45, 2.75) is 13.0 Å². The van der Waals surface area contributed by atoms with Crippen molar-refractivity contribution in [1.82, 2.24) is 5.32 Å². The van der Waals surface area contributed by atoms with E-state index in [1.54, 1.807) is 0 Å². The largest absolute Gasteiger partial charge is 0.480 e. The van der Waals surface area contributed by atoms with Gasteiger partial charge < -0.3 is 10.2 Å². The zero-order chi connectivity index (χ0) is 11.3. The lowest BCUT2D eigenvalue weighted by Gasteiger charge is -2.09. The number of hydrogen-bond acceptors (Lipinski definition) is 5. The standard InChI is InChI=1S/C6H9NO6S/c1-2-7-3(5(8)9)4(6(10)11)14(12)13/h3,7H,2H2,1H3,(H,8,9)(H,10,11)/t3-/m1/s1. The van der Waals surface area contributed by atoms with E-state index in [1.165, 1.54) is 6.92 Å². The van der Waals surface area contributed by atoms with Crippen molar-refractivity contribution in [2.75, 3.05) is 6.54 Å². The summed E-state index contributed by atoms with van der Waals surface area (Å²) >= 11 is 0. The maximum atomic E-state index is 10.5. The molecular formula is C6H9NO6S. The van der Waals surface area contributed by atoms with Gasteiger partial charge in [-0.15, -0.1) is 0 Å². The molecule has 0 amide bonds. The number of carboxylic acid groups (broad SMARTS) is 2. The Hall–Kier alpha value is -1.41. The molecule has 0 saturated heterocycles. The van der Waals surface area contributed by atoms with Crippen molar-refractivity contribution < 1.29 is 28.2 Å². The van der Waals surface area contributed by atoms with Gasteiger partial charge in [0, 0.05) is 0 Å². The molecule has 0 heterocycles. The third kappa shape index (κ3) is 3.15. The van der Waals surface area contributed by atoms with E-state index in [-0.39, 0.29) is 6.54 Å². The summed E-state index contributed by atoms with van der Waals surface area (Å²) in [5, 5.41) is 19.2. The molecule has 0 aliphatic rings. The van der Waals surface area contributed by atoms with Gasteiger partial charge in [-0.1, -0.05) is 6.92 Å². The van der Waals surface area contributed by atoms with Gasteiger partial charge in [-0.05, 0) is 6.54 Å². The minimum absolute atomic E-state index is 0.144. The number of rotatable bonds is 5. The van der Waals surface area contributed by atoms with E-state index in [1.807, 2.05) is 0 Å². The van der Waals surface area contributed by atoms with E-state index in [4.69, 9.17) is 10.2 Å². The summed E-state index contributed by atoms with van der Waals surface area (Å²) in [5.41, 5.74) is 0. The first-order chi connectivity index (χ1) is 6.41. The van der Waals surface area contributed by atoms with Crippen LogP contribution < -0.4 is 5.32 Å². The van der Waals surface area contributed by atoms with Crippen molar-refractivity contribution in [3.8, 4) is 0 Å². The molecule has 3 N–H and O–H groups in total. The SMILES string of the molecule is CCN[C@@H](C(=O)O)C(C(=O)O)=S(=O)=O. The fourth-order valence-electron chi connectivity index (χ4n) is 0.787. The molecule has 7 nitrogen and oxygen atoms in total. The van der Waals surface area contributed by atoms with Gasteiger partial charge in [0.25, 0.3) is 0 Å². The number of nitrogens with one attached hydrogen (secondary N) is 1.